The van der Waals surface area contributed by atoms with Crippen LogP contribution in [0.25, 0.3) is 0 Å². The maximum Gasteiger partial charge on any atom is 0.244 e. The summed E-state index contributed by atoms with van der Waals surface area (Å²) in [4.78, 5) is 29.1. The van der Waals surface area contributed by atoms with Crippen molar-refractivity contribution in [2.75, 3.05) is 23.7 Å². The summed E-state index contributed by atoms with van der Waals surface area (Å²) in [5, 5.41) is 4.01. The maximum atomic E-state index is 14.1. The fraction of sp³-hybridized carbons (Fsp3) is 0.310. The van der Waals surface area contributed by atoms with E-state index in [4.69, 9.17) is 46.4 Å². The first kappa shape index (κ1) is 33.0. The van der Waals surface area contributed by atoms with Gasteiger partial charge in [0.1, 0.15) is 12.6 Å². The van der Waals surface area contributed by atoms with Gasteiger partial charge in [0.15, 0.2) is 0 Å². The van der Waals surface area contributed by atoms with Crippen LogP contribution >= 0.6 is 46.4 Å². The first-order valence-electron chi connectivity index (χ1n) is 12.9. The molecule has 0 aliphatic carbocycles. The molecular formula is C29H31Cl4N3O4S. The van der Waals surface area contributed by atoms with Gasteiger partial charge in [-0.05, 0) is 47.9 Å². The second kappa shape index (κ2) is 15.1. The number of amides is 2. The van der Waals surface area contributed by atoms with Gasteiger partial charge in [0.25, 0.3) is 0 Å². The van der Waals surface area contributed by atoms with E-state index >= 15 is 0 Å². The molecule has 0 heterocycles. The molecule has 0 fully saturated rings. The van der Waals surface area contributed by atoms with Crippen molar-refractivity contribution >= 4 is 73.9 Å². The number of halogens is 4. The SMILES string of the molecule is CCCCNC(=O)C(Cc1ccccc1)N(Cc1ccc(Cl)cc1Cl)C(=O)CN(c1ccc(Cl)cc1Cl)S(C)(=O)=O. The smallest absolute Gasteiger partial charge is 0.244 e. The molecule has 12 heteroatoms. The average molecular weight is 659 g/mol. The molecule has 0 radical (unpaired) electrons. The molecule has 0 aliphatic heterocycles. The molecule has 0 saturated carbocycles. The van der Waals surface area contributed by atoms with E-state index in [-0.39, 0.29) is 29.6 Å². The number of carbonyl (C=O) groups excluding carboxylic acids is 2. The van der Waals surface area contributed by atoms with Crippen molar-refractivity contribution in [2.24, 2.45) is 0 Å². The van der Waals surface area contributed by atoms with Gasteiger partial charge in [0.05, 0.1) is 17.0 Å². The third-order valence-electron chi connectivity index (χ3n) is 6.31. The number of nitrogens with zero attached hydrogens (tertiary/aromatic N) is 2. The molecule has 0 spiro atoms. The minimum atomic E-state index is -3.98. The number of benzene rings is 3. The van der Waals surface area contributed by atoms with Crippen molar-refractivity contribution in [1.29, 1.82) is 0 Å². The number of unbranched alkanes of at least 4 members (excludes halogenated alkanes) is 1. The number of hydrogen-bond donors (Lipinski definition) is 1. The zero-order chi connectivity index (χ0) is 30.2. The second-order valence-electron chi connectivity index (χ2n) is 9.47. The summed E-state index contributed by atoms with van der Waals surface area (Å²) in [5.41, 5.74) is 1.45. The van der Waals surface area contributed by atoms with E-state index in [0.717, 1.165) is 29.0 Å². The Labute approximate surface area is 261 Å². The van der Waals surface area contributed by atoms with Crippen LogP contribution in [0.15, 0.2) is 66.7 Å². The lowest BCUT2D eigenvalue weighted by atomic mass is 10.0. The Bertz CT molecular complexity index is 1470. The van der Waals surface area contributed by atoms with Crippen molar-refractivity contribution < 1.29 is 18.0 Å². The monoisotopic (exact) mass is 657 g/mol. The minimum absolute atomic E-state index is 0.0566. The average Bonchev–Trinajstić information content (AvgIpc) is 2.90. The fourth-order valence-electron chi connectivity index (χ4n) is 4.17. The van der Waals surface area contributed by atoms with E-state index in [2.05, 4.69) is 5.32 Å². The summed E-state index contributed by atoms with van der Waals surface area (Å²) in [6.45, 7) is 1.76. The van der Waals surface area contributed by atoms with Gasteiger partial charge in [0, 0.05) is 34.6 Å². The fourth-order valence-corrected chi connectivity index (χ4v) is 6.06. The minimum Gasteiger partial charge on any atom is -0.354 e. The largest absolute Gasteiger partial charge is 0.354 e. The van der Waals surface area contributed by atoms with Gasteiger partial charge in [0.2, 0.25) is 21.8 Å². The number of rotatable bonds is 13. The second-order valence-corrected chi connectivity index (χ2v) is 13.1. The first-order valence-corrected chi connectivity index (χ1v) is 16.2. The Hall–Kier alpha value is -2.49. The quantitative estimate of drug-likeness (QED) is 0.209. The highest BCUT2D eigenvalue weighted by Gasteiger charge is 2.33. The van der Waals surface area contributed by atoms with Gasteiger partial charge in [-0.15, -0.1) is 0 Å². The van der Waals surface area contributed by atoms with E-state index in [0.29, 0.717) is 27.2 Å². The third kappa shape index (κ3) is 9.51. The predicted octanol–water partition coefficient (Wildman–Crippen LogP) is 6.62. The Morgan fingerprint density at radius 3 is 2.12 bits per heavy atom. The molecule has 0 saturated heterocycles. The van der Waals surface area contributed by atoms with Crippen molar-refractivity contribution in [2.45, 2.75) is 38.8 Å². The zero-order valence-corrected chi connectivity index (χ0v) is 26.5. The molecular weight excluding hydrogens is 628 g/mol. The first-order chi connectivity index (χ1) is 19.4. The molecule has 3 aromatic rings. The van der Waals surface area contributed by atoms with E-state index in [1.165, 1.54) is 23.1 Å². The highest BCUT2D eigenvalue weighted by atomic mass is 35.5. The number of nitrogens with one attached hydrogen (secondary N) is 1. The van der Waals surface area contributed by atoms with Crippen LogP contribution in [0.2, 0.25) is 20.1 Å². The molecule has 3 rings (SSSR count). The Morgan fingerprint density at radius 2 is 1.54 bits per heavy atom. The normalized spacial score (nSPS) is 12.0. The van der Waals surface area contributed by atoms with Crippen molar-refractivity contribution in [3.63, 3.8) is 0 Å². The van der Waals surface area contributed by atoms with Crippen molar-refractivity contribution in [3.05, 3.63) is 97.9 Å². The number of hydrogen-bond acceptors (Lipinski definition) is 4. The van der Waals surface area contributed by atoms with E-state index in [1.54, 1.807) is 18.2 Å². The van der Waals surface area contributed by atoms with Gasteiger partial charge in [-0.3, -0.25) is 13.9 Å². The van der Waals surface area contributed by atoms with Crippen LogP contribution in [0.1, 0.15) is 30.9 Å². The molecule has 7 nitrogen and oxygen atoms in total. The molecule has 0 aliphatic rings. The van der Waals surface area contributed by atoms with Crippen molar-refractivity contribution in [3.8, 4) is 0 Å². The van der Waals surface area contributed by atoms with E-state index in [1.807, 2.05) is 37.3 Å². The Morgan fingerprint density at radius 1 is 0.902 bits per heavy atom. The molecule has 3 aromatic carbocycles. The van der Waals surface area contributed by atoms with Gasteiger partial charge >= 0.3 is 0 Å². The number of carbonyl (C=O) groups is 2. The van der Waals surface area contributed by atoms with Crippen LogP contribution in [-0.2, 0) is 32.6 Å². The van der Waals surface area contributed by atoms with Crippen LogP contribution < -0.4 is 9.62 Å². The predicted molar refractivity (Wildman–Crippen MR) is 168 cm³/mol. The summed E-state index contributed by atoms with van der Waals surface area (Å²) in [6.07, 6.45) is 2.80. The molecule has 220 valence electrons. The Balaban J connectivity index is 2.08. The number of anilines is 1. The lowest BCUT2D eigenvalue weighted by molar-refractivity contribution is -0.140. The highest BCUT2D eigenvalue weighted by Crippen LogP contribution is 2.31. The molecule has 41 heavy (non-hydrogen) atoms. The summed E-state index contributed by atoms with van der Waals surface area (Å²) >= 11 is 24.9. The maximum absolute atomic E-state index is 14.1. The molecule has 0 aromatic heterocycles. The van der Waals surface area contributed by atoms with Gasteiger partial charge in [-0.1, -0.05) is 96.1 Å². The lowest BCUT2D eigenvalue weighted by Crippen LogP contribution is -2.53. The van der Waals surface area contributed by atoms with E-state index in [9.17, 15) is 18.0 Å². The van der Waals surface area contributed by atoms with Gasteiger partial charge < -0.3 is 10.2 Å². The Kier molecular flexibility index (Phi) is 12.2. The van der Waals surface area contributed by atoms with Crippen LogP contribution in [0.4, 0.5) is 5.69 Å². The zero-order valence-electron chi connectivity index (χ0n) is 22.6. The molecule has 1 N–H and O–H groups in total. The van der Waals surface area contributed by atoms with E-state index < -0.39 is 28.5 Å². The van der Waals surface area contributed by atoms with Gasteiger partial charge in [-0.2, -0.15) is 0 Å². The summed E-state index contributed by atoms with van der Waals surface area (Å²) in [5.74, 6) is -0.991. The van der Waals surface area contributed by atoms with Crippen LogP contribution in [0.5, 0.6) is 0 Å². The third-order valence-corrected chi connectivity index (χ3v) is 8.57. The van der Waals surface area contributed by atoms with Gasteiger partial charge in [-0.25, -0.2) is 8.42 Å². The van der Waals surface area contributed by atoms with Crippen LogP contribution in [0, 0.1) is 0 Å². The summed E-state index contributed by atoms with van der Waals surface area (Å²) in [6, 6.07) is 17.5. The number of sulfonamides is 1. The van der Waals surface area contributed by atoms with Crippen LogP contribution in [-0.4, -0.2) is 50.5 Å². The highest BCUT2D eigenvalue weighted by molar-refractivity contribution is 7.92. The molecule has 2 amide bonds. The summed E-state index contributed by atoms with van der Waals surface area (Å²) in [7, 11) is -3.98. The lowest BCUT2D eigenvalue weighted by Gasteiger charge is -2.34. The standard InChI is InChI=1S/C29H31Cl4N3O4S/c1-3-4-14-34-29(38)27(15-20-8-6-5-7-9-20)35(18-21-10-11-22(30)16-24(21)32)28(37)19-36(41(2,39)40)26-13-12-23(31)17-25(26)33/h5-13,16-17,27H,3-4,14-15,18-19H2,1-2H3,(H,34,38). The topological polar surface area (TPSA) is 86.8 Å². The summed E-state index contributed by atoms with van der Waals surface area (Å²) < 4.78 is 26.7. The molecule has 1 unspecified atom stereocenters. The van der Waals surface area contributed by atoms with Crippen molar-refractivity contribution in [1.82, 2.24) is 10.2 Å². The molecule has 1 atom stereocenters. The van der Waals surface area contributed by atoms with Crippen LogP contribution in [0.3, 0.4) is 0 Å². The molecule has 0 bridgehead atoms.